The van der Waals surface area contributed by atoms with Crippen LogP contribution in [0.15, 0.2) is 18.3 Å². The van der Waals surface area contributed by atoms with Gasteiger partial charge in [-0.25, -0.2) is 4.98 Å². The first-order valence-electron chi connectivity index (χ1n) is 4.33. The zero-order chi connectivity index (χ0) is 11.1. The summed E-state index contributed by atoms with van der Waals surface area (Å²) < 4.78 is 0. The van der Waals surface area contributed by atoms with Crippen molar-refractivity contribution in [1.29, 1.82) is 10.5 Å². The van der Waals surface area contributed by atoms with Crippen LogP contribution in [0.5, 0.6) is 0 Å². The summed E-state index contributed by atoms with van der Waals surface area (Å²) >= 11 is 5.72. The van der Waals surface area contributed by atoms with Crippen molar-refractivity contribution >= 4 is 11.6 Å². The molecule has 15 heavy (non-hydrogen) atoms. The topological polar surface area (TPSA) is 63.7 Å². The highest BCUT2D eigenvalue weighted by Gasteiger charge is 2.05. The van der Waals surface area contributed by atoms with Gasteiger partial charge in [0, 0.05) is 12.7 Å². The Hall–Kier alpha value is -1.62. The lowest BCUT2D eigenvalue weighted by atomic mass is 10.2. The molecule has 1 heterocycles. The summed E-state index contributed by atoms with van der Waals surface area (Å²) in [7, 11) is 0. The van der Waals surface area contributed by atoms with Crippen LogP contribution in [0.2, 0.25) is 5.15 Å². The van der Waals surface area contributed by atoms with E-state index in [0.29, 0.717) is 11.7 Å². The minimum Gasteiger partial charge on any atom is -0.273 e. The molecule has 0 unspecified atom stereocenters. The highest BCUT2D eigenvalue weighted by atomic mass is 35.5. The van der Waals surface area contributed by atoms with Crippen LogP contribution in [0.25, 0.3) is 0 Å². The molecular weight excluding hydrogens is 212 g/mol. The van der Waals surface area contributed by atoms with Crippen LogP contribution in [0, 0.1) is 22.7 Å². The molecule has 0 aliphatic rings. The molecule has 76 valence electrons. The van der Waals surface area contributed by atoms with Crippen molar-refractivity contribution in [2.45, 2.75) is 6.54 Å². The fourth-order valence-electron chi connectivity index (χ4n) is 1.17. The molecule has 0 aliphatic heterocycles. The normalized spacial score (nSPS) is 9.60. The molecule has 1 aromatic rings. The van der Waals surface area contributed by atoms with Crippen molar-refractivity contribution in [2.24, 2.45) is 0 Å². The molecule has 4 nitrogen and oxygen atoms in total. The van der Waals surface area contributed by atoms with E-state index in [4.69, 9.17) is 22.1 Å². The summed E-state index contributed by atoms with van der Waals surface area (Å²) in [4.78, 5) is 5.58. The fraction of sp³-hybridized carbons (Fsp3) is 0.300. The number of pyridine rings is 1. The van der Waals surface area contributed by atoms with Gasteiger partial charge in [-0.05, 0) is 17.7 Å². The molecule has 1 rings (SSSR count). The highest BCUT2D eigenvalue weighted by molar-refractivity contribution is 6.29. The zero-order valence-corrected chi connectivity index (χ0v) is 8.78. The van der Waals surface area contributed by atoms with E-state index in [2.05, 4.69) is 4.98 Å². The average molecular weight is 221 g/mol. The standard InChI is InChI=1S/C10H9ClN4/c11-10-7-9(1-4-14-10)8-15(5-2-12)6-3-13/h1,4,7H,5-6,8H2. The quantitative estimate of drug-likeness (QED) is 0.571. The van der Waals surface area contributed by atoms with Crippen LogP contribution < -0.4 is 0 Å². The van der Waals surface area contributed by atoms with E-state index < -0.39 is 0 Å². The second kappa shape index (κ2) is 5.98. The van der Waals surface area contributed by atoms with Gasteiger partial charge in [0.1, 0.15) is 5.15 Å². The van der Waals surface area contributed by atoms with Crippen LogP contribution in [0.3, 0.4) is 0 Å². The monoisotopic (exact) mass is 220 g/mol. The van der Waals surface area contributed by atoms with Gasteiger partial charge in [0.2, 0.25) is 0 Å². The maximum atomic E-state index is 8.56. The third kappa shape index (κ3) is 3.95. The van der Waals surface area contributed by atoms with Crippen molar-refractivity contribution in [2.75, 3.05) is 13.1 Å². The molecule has 0 saturated carbocycles. The van der Waals surface area contributed by atoms with Gasteiger partial charge in [0.05, 0.1) is 25.2 Å². The largest absolute Gasteiger partial charge is 0.273 e. The van der Waals surface area contributed by atoms with Crippen molar-refractivity contribution in [3.63, 3.8) is 0 Å². The lowest BCUT2D eigenvalue weighted by molar-refractivity contribution is 0.335. The molecule has 0 radical (unpaired) electrons. The number of rotatable bonds is 4. The minimum atomic E-state index is 0.230. The van der Waals surface area contributed by atoms with E-state index in [0.717, 1.165) is 5.56 Å². The third-order valence-corrected chi connectivity index (χ3v) is 1.99. The predicted octanol–water partition coefficient (Wildman–Crippen LogP) is 1.58. The van der Waals surface area contributed by atoms with Gasteiger partial charge in [0.15, 0.2) is 0 Å². The predicted molar refractivity (Wildman–Crippen MR) is 55.8 cm³/mol. The maximum absolute atomic E-state index is 8.56. The first-order chi connectivity index (χ1) is 7.26. The second-order valence-corrected chi connectivity index (χ2v) is 3.34. The summed E-state index contributed by atoms with van der Waals surface area (Å²) in [5.74, 6) is 0. The molecule has 0 amide bonds. The van der Waals surface area contributed by atoms with E-state index in [1.54, 1.807) is 17.2 Å². The first kappa shape index (κ1) is 11.5. The van der Waals surface area contributed by atoms with Gasteiger partial charge >= 0.3 is 0 Å². The number of aromatic nitrogens is 1. The smallest absolute Gasteiger partial charge is 0.129 e. The van der Waals surface area contributed by atoms with Gasteiger partial charge in [-0.2, -0.15) is 10.5 Å². The second-order valence-electron chi connectivity index (χ2n) is 2.95. The number of halogens is 1. The Bertz CT molecular complexity index is 389. The lowest BCUT2D eigenvalue weighted by Gasteiger charge is -2.14. The SMILES string of the molecule is N#CCN(CC#N)Cc1ccnc(Cl)c1. The molecule has 0 saturated heterocycles. The molecule has 1 aromatic heterocycles. The van der Waals surface area contributed by atoms with Gasteiger partial charge in [-0.1, -0.05) is 11.6 Å². The van der Waals surface area contributed by atoms with Crippen molar-refractivity contribution in [1.82, 2.24) is 9.88 Å². The van der Waals surface area contributed by atoms with Crippen LogP contribution in [-0.2, 0) is 6.54 Å². The lowest BCUT2D eigenvalue weighted by Crippen LogP contribution is -2.23. The molecule has 0 aromatic carbocycles. The van der Waals surface area contributed by atoms with E-state index in [-0.39, 0.29) is 13.1 Å². The molecule has 0 atom stereocenters. The summed E-state index contributed by atoms with van der Waals surface area (Å²) in [6.45, 7) is 0.990. The third-order valence-electron chi connectivity index (χ3n) is 1.79. The van der Waals surface area contributed by atoms with Crippen molar-refractivity contribution in [3.05, 3.63) is 29.0 Å². The Morgan fingerprint density at radius 3 is 2.53 bits per heavy atom. The Balaban J connectivity index is 2.66. The van der Waals surface area contributed by atoms with Gasteiger partial charge in [-0.15, -0.1) is 0 Å². The number of hydrogen-bond donors (Lipinski definition) is 0. The summed E-state index contributed by atoms with van der Waals surface area (Å²) in [6, 6.07) is 7.57. The van der Waals surface area contributed by atoms with E-state index in [1.807, 2.05) is 18.2 Å². The number of hydrogen-bond acceptors (Lipinski definition) is 4. The first-order valence-corrected chi connectivity index (χ1v) is 4.70. The Morgan fingerprint density at radius 2 is 2.00 bits per heavy atom. The minimum absolute atomic E-state index is 0.230. The Morgan fingerprint density at radius 1 is 1.33 bits per heavy atom. The van der Waals surface area contributed by atoms with Gasteiger partial charge in [-0.3, -0.25) is 4.90 Å². The van der Waals surface area contributed by atoms with Crippen molar-refractivity contribution < 1.29 is 0 Å². The average Bonchev–Trinajstić information content (AvgIpc) is 2.18. The Labute approximate surface area is 93.3 Å². The Kier molecular flexibility index (Phi) is 4.56. The highest BCUT2D eigenvalue weighted by Crippen LogP contribution is 2.09. The summed E-state index contributed by atoms with van der Waals surface area (Å²) in [6.07, 6.45) is 1.61. The number of nitrogens with zero attached hydrogens (tertiary/aromatic N) is 4. The molecule has 0 aliphatic carbocycles. The van der Waals surface area contributed by atoms with Crippen LogP contribution >= 0.6 is 11.6 Å². The van der Waals surface area contributed by atoms with Crippen LogP contribution in [-0.4, -0.2) is 23.0 Å². The number of nitriles is 2. The van der Waals surface area contributed by atoms with Crippen LogP contribution in [0.4, 0.5) is 0 Å². The fourth-order valence-corrected chi connectivity index (χ4v) is 1.36. The van der Waals surface area contributed by atoms with E-state index in [9.17, 15) is 0 Å². The van der Waals surface area contributed by atoms with E-state index >= 15 is 0 Å². The van der Waals surface area contributed by atoms with Gasteiger partial charge in [0.25, 0.3) is 0 Å². The molecule has 0 N–H and O–H groups in total. The molecule has 5 heteroatoms. The molecule has 0 spiro atoms. The van der Waals surface area contributed by atoms with Crippen LogP contribution in [0.1, 0.15) is 5.56 Å². The summed E-state index contributed by atoms with van der Waals surface area (Å²) in [5, 5.41) is 17.5. The van der Waals surface area contributed by atoms with Crippen molar-refractivity contribution in [3.8, 4) is 12.1 Å². The molecule has 0 bridgehead atoms. The summed E-state index contributed by atoms with van der Waals surface area (Å²) in [5.41, 5.74) is 0.945. The van der Waals surface area contributed by atoms with E-state index in [1.165, 1.54) is 0 Å². The molecule has 0 fully saturated rings. The maximum Gasteiger partial charge on any atom is 0.129 e. The molecular formula is C10H9ClN4. The van der Waals surface area contributed by atoms with Gasteiger partial charge < -0.3 is 0 Å². The zero-order valence-electron chi connectivity index (χ0n) is 8.02.